The lowest BCUT2D eigenvalue weighted by Gasteiger charge is -2.25. The zero-order chi connectivity index (χ0) is 24.5. The molecule has 4 aromatic rings. The second kappa shape index (κ2) is 9.90. The van der Waals surface area contributed by atoms with Gasteiger partial charge in [-0.25, -0.2) is 9.97 Å². The summed E-state index contributed by atoms with van der Waals surface area (Å²) in [4.78, 5) is 16.7. The van der Waals surface area contributed by atoms with E-state index in [0.717, 1.165) is 47.2 Å². The van der Waals surface area contributed by atoms with E-state index in [9.17, 15) is 0 Å². The zero-order valence-corrected chi connectivity index (χ0v) is 21.2. The van der Waals surface area contributed by atoms with Crippen molar-refractivity contribution >= 4 is 22.7 Å². The van der Waals surface area contributed by atoms with Crippen molar-refractivity contribution in [3.8, 4) is 11.6 Å². The minimum atomic E-state index is 0.0560. The van der Waals surface area contributed by atoms with Crippen molar-refractivity contribution in [2.45, 2.75) is 64.5 Å². The number of rotatable bonds is 6. The minimum Gasteiger partial charge on any atom is -0.487 e. The summed E-state index contributed by atoms with van der Waals surface area (Å²) in [5.74, 6) is 2.03. The van der Waals surface area contributed by atoms with Crippen molar-refractivity contribution in [2.75, 3.05) is 18.4 Å². The number of pyridine rings is 1. The Hall–Kier alpha value is -3.45. The number of likely N-dealkylation sites (tertiary alicyclic amines) is 1. The molecule has 1 saturated heterocycles. The Labute approximate surface area is 212 Å². The van der Waals surface area contributed by atoms with Gasteiger partial charge in [0, 0.05) is 35.7 Å². The van der Waals surface area contributed by atoms with Gasteiger partial charge in [-0.2, -0.15) is 4.98 Å². The summed E-state index contributed by atoms with van der Waals surface area (Å²) < 4.78 is 7.97. The molecule has 7 nitrogen and oxygen atoms in total. The van der Waals surface area contributed by atoms with E-state index in [0.29, 0.717) is 5.95 Å². The van der Waals surface area contributed by atoms with Crippen molar-refractivity contribution < 1.29 is 4.74 Å². The van der Waals surface area contributed by atoms with E-state index in [2.05, 4.69) is 38.4 Å². The highest BCUT2D eigenvalue weighted by atomic mass is 16.5. The molecule has 1 aliphatic carbocycles. The van der Waals surface area contributed by atoms with E-state index in [-0.39, 0.29) is 6.10 Å². The van der Waals surface area contributed by atoms with Crippen LogP contribution in [-0.2, 0) is 12.8 Å². The highest BCUT2D eigenvalue weighted by molar-refractivity contribution is 5.79. The summed E-state index contributed by atoms with van der Waals surface area (Å²) in [5.41, 5.74) is 4.77. The van der Waals surface area contributed by atoms with E-state index < -0.39 is 0 Å². The van der Waals surface area contributed by atoms with E-state index in [1.54, 1.807) is 6.20 Å². The number of hydrogen-bond donors (Lipinski definition) is 1. The fourth-order valence-corrected chi connectivity index (χ4v) is 5.63. The average Bonchev–Trinajstić information content (AvgIpc) is 3.51. The first kappa shape index (κ1) is 23.0. The topological polar surface area (TPSA) is 68.1 Å². The highest BCUT2D eigenvalue weighted by Gasteiger charge is 2.24. The number of fused-ring (bicyclic) bond motifs is 2. The first-order valence-electron chi connectivity index (χ1n) is 13.2. The summed E-state index contributed by atoms with van der Waals surface area (Å²) in [7, 11) is 0. The Morgan fingerprint density at radius 2 is 1.83 bits per heavy atom. The minimum absolute atomic E-state index is 0.0560. The summed E-state index contributed by atoms with van der Waals surface area (Å²) in [6.45, 7) is 6.58. The van der Waals surface area contributed by atoms with Crippen LogP contribution in [0.2, 0.25) is 0 Å². The molecule has 1 aliphatic heterocycles. The van der Waals surface area contributed by atoms with Gasteiger partial charge in [-0.3, -0.25) is 4.57 Å². The molecule has 0 bridgehead atoms. The highest BCUT2D eigenvalue weighted by Crippen LogP contribution is 2.30. The van der Waals surface area contributed by atoms with Crippen molar-refractivity contribution in [1.29, 1.82) is 0 Å². The molecule has 2 aliphatic rings. The fraction of sp³-hybridized carbons (Fsp3) is 0.414. The number of hydrogen-bond acceptors (Lipinski definition) is 6. The number of ether oxygens (including phenoxy) is 1. The predicted octanol–water partition coefficient (Wildman–Crippen LogP) is 5.69. The Morgan fingerprint density at radius 1 is 1.00 bits per heavy atom. The van der Waals surface area contributed by atoms with Gasteiger partial charge in [-0.1, -0.05) is 6.07 Å². The van der Waals surface area contributed by atoms with Crippen LogP contribution in [0.25, 0.3) is 16.9 Å². The van der Waals surface area contributed by atoms with Gasteiger partial charge in [0.15, 0.2) is 17.2 Å². The van der Waals surface area contributed by atoms with Crippen molar-refractivity contribution in [2.24, 2.45) is 0 Å². The third kappa shape index (κ3) is 4.67. The van der Waals surface area contributed by atoms with Crippen LogP contribution in [0.15, 0.2) is 55.0 Å². The smallest absolute Gasteiger partial charge is 0.229 e. The Balaban J connectivity index is 1.24. The number of aryl methyl sites for hydroxylation is 2. The van der Waals surface area contributed by atoms with Crippen molar-refractivity contribution in [1.82, 2.24) is 24.4 Å². The molecule has 1 N–H and O–H groups in total. The van der Waals surface area contributed by atoms with Gasteiger partial charge in [-0.05, 0) is 107 Å². The molecule has 0 radical (unpaired) electrons. The Kier molecular flexibility index (Phi) is 6.32. The number of anilines is 2. The molecule has 36 heavy (non-hydrogen) atoms. The number of nitrogens with one attached hydrogen (secondary N) is 1. The Bertz CT molecular complexity index is 1360. The quantitative estimate of drug-likeness (QED) is 0.356. The molecule has 3 aromatic heterocycles. The van der Waals surface area contributed by atoms with Crippen LogP contribution < -0.4 is 10.1 Å². The first-order valence-corrected chi connectivity index (χ1v) is 13.2. The zero-order valence-electron chi connectivity index (χ0n) is 21.2. The van der Waals surface area contributed by atoms with Crippen LogP contribution in [0, 0.1) is 0 Å². The SMILES string of the molecule is CC(C)Oc1cccnc1-n1ccc2cnc(Nc3ccc4c(c3)CCC(N3CCCC3)CC4)nc21. The molecule has 4 heterocycles. The van der Waals surface area contributed by atoms with Crippen LogP contribution in [0.1, 0.15) is 50.7 Å². The number of nitrogens with zero attached hydrogens (tertiary/aromatic N) is 5. The molecule has 1 fully saturated rings. The standard InChI is InChI=1S/C29H34N6O/c1-20(2)36-26-6-5-14-30-28(26)35-17-13-23-19-31-29(33-27(23)35)32-24-10-7-21-8-11-25(12-9-22(21)18-24)34-15-3-4-16-34/h5-7,10,13-14,17-20,25H,3-4,8-9,11-12,15-16H2,1-2H3,(H,31,32,33). The van der Waals surface area contributed by atoms with Crippen LogP contribution in [0.5, 0.6) is 5.75 Å². The molecule has 7 heteroatoms. The fourth-order valence-electron chi connectivity index (χ4n) is 5.63. The first-order chi connectivity index (χ1) is 17.6. The molecule has 6 rings (SSSR count). The summed E-state index contributed by atoms with van der Waals surface area (Å²) in [5, 5.41) is 4.41. The molecule has 0 saturated carbocycles. The number of benzene rings is 1. The summed E-state index contributed by atoms with van der Waals surface area (Å²) in [6.07, 6.45) is 13.2. The van der Waals surface area contributed by atoms with E-state index in [1.807, 2.05) is 49.0 Å². The normalized spacial score (nSPS) is 18.4. The van der Waals surface area contributed by atoms with Gasteiger partial charge in [0.25, 0.3) is 0 Å². The lowest BCUT2D eigenvalue weighted by Crippen LogP contribution is -2.32. The summed E-state index contributed by atoms with van der Waals surface area (Å²) >= 11 is 0. The molecule has 1 unspecified atom stereocenters. The molecular weight excluding hydrogens is 448 g/mol. The van der Waals surface area contributed by atoms with Gasteiger partial charge in [0.1, 0.15) is 0 Å². The largest absolute Gasteiger partial charge is 0.487 e. The van der Waals surface area contributed by atoms with Crippen LogP contribution in [0.4, 0.5) is 11.6 Å². The maximum absolute atomic E-state index is 6.00. The van der Waals surface area contributed by atoms with E-state index in [1.165, 1.54) is 49.9 Å². The molecule has 1 atom stereocenters. The second-order valence-corrected chi connectivity index (χ2v) is 10.2. The number of aromatic nitrogens is 4. The van der Waals surface area contributed by atoms with Gasteiger partial charge in [0.2, 0.25) is 5.95 Å². The predicted molar refractivity (Wildman–Crippen MR) is 143 cm³/mol. The van der Waals surface area contributed by atoms with Crippen molar-refractivity contribution in [3.63, 3.8) is 0 Å². The molecular formula is C29H34N6O. The van der Waals surface area contributed by atoms with Gasteiger partial charge in [0.05, 0.1) is 6.10 Å². The van der Waals surface area contributed by atoms with Gasteiger partial charge < -0.3 is 15.0 Å². The summed E-state index contributed by atoms with van der Waals surface area (Å²) in [6, 6.07) is 13.3. The maximum atomic E-state index is 6.00. The lowest BCUT2D eigenvalue weighted by molar-refractivity contribution is 0.222. The molecule has 0 spiro atoms. The second-order valence-electron chi connectivity index (χ2n) is 10.2. The molecule has 186 valence electrons. The van der Waals surface area contributed by atoms with E-state index in [4.69, 9.17) is 9.72 Å². The van der Waals surface area contributed by atoms with E-state index >= 15 is 0 Å². The lowest BCUT2D eigenvalue weighted by atomic mass is 10.0. The monoisotopic (exact) mass is 482 g/mol. The van der Waals surface area contributed by atoms with Gasteiger partial charge in [-0.15, -0.1) is 0 Å². The maximum Gasteiger partial charge on any atom is 0.229 e. The Morgan fingerprint density at radius 3 is 2.67 bits per heavy atom. The van der Waals surface area contributed by atoms with Crippen LogP contribution in [0.3, 0.4) is 0 Å². The van der Waals surface area contributed by atoms with Crippen LogP contribution >= 0.6 is 0 Å². The third-order valence-corrected chi connectivity index (χ3v) is 7.38. The average molecular weight is 483 g/mol. The third-order valence-electron chi connectivity index (χ3n) is 7.38. The molecule has 0 amide bonds. The van der Waals surface area contributed by atoms with Gasteiger partial charge >= 0.3 is 0 Å². The molecule has 1 aromatic carbocycles. The van der Waals surface area contributed by atoms with Crippen molar-refractivity contribution in [3.05, 3.63) is 66.1 Å². The van der Waals surface area contributed by atoms with Crippen LogP contribution in [-0.4, -0.2) is 49.7 Å².